The highest BCUT2D eigenvalue weighted by Crippen LogP contribution is 2.12. The Morgan fingerprint density at radius 2 is 1.62 bits per heavy atom. The Morgan fingerprint density at radius 1 is 0.966 bits per heavy atom. The van der Waals surface area contributed by atoms with Crippen molar-refractivity contribution >= 4 is 11.7 Å². The highest BCUT2D eigenvalue weighted by atomic mass is 19.1. The molecule has 0 saturated carbocycles. The number of hydrogen-bond donors (Lipinski definition) is 2. The third-order valence-corrected chi connectivity index (χ3v) is 4.51. The maximum Gasteiger partial charge on any atom is 0.251 e. The molecule has 1 amide bonds. The molecule has 2 N–H and O–H groups in total. The molecule has 0 aliphatic rings. The lowest BCUT2D eigenvalue weighted by Gasteiger charge is -2.09. The van der Waals surface area contributed by atoms with Gasteiger partial charge in [0, 0.05) is 24.8 Å². The zero-order valence-electron chi connectivity index (χ0n) is 16.3. The summed E-state index contributed by atoms with van der Waals surface area (Å²) in [5, 5.41) is 6.13. The van der Waals surface area contributed by atoms with Crippen LogP contribution in [0.4, 0.5) is 10.2 Å². The third kappa shape index (κ3) is 6.31. The van der Waals surface area contributed by atoms with E-state index in [2.05, 4.69) is 15.6 Å². The van der Waals surface area contributed by atoms with Gasteiger partial charge >= 0.3 is 0 Å². The molecule has 0 radical (unpaired) electrons. The van der Waals surface area contributed by atoms with E-state index >= 15 is 0 Å². The van der Waals surface area contributed by atoms with Crippen molar-refractivity contribution in [2.24, 2.45) is 0 Å². The van der Waals surface area contributed by atoms with Gasteiger partial charge in [0.2, 0.25) is 0 Å². The van der Waals surface area contributed by atoms with Gasteiger partial charge < -0.3 is 15.4 Å². The summed E-state index contributed by atoms with van der Waals surface area (Å²) in [4.78, 5) is 16.6. The number of carbonyl (C=O) groups excluding carboxylic acids is 1. The first-order chi connectivity index (χ1) is 14.1. The molecule has 0 fully saturated rings. The molecule has 0 saturated heterocycles. The van der Waals surface area contributed by atoms with Crippen molar-refractivity contribution in [1.82, 2.24) is 10.3 Å². The molecule has 0 aliphatic heterocycles. The average molecular weight is 393 g/mol. The Morgan fingerprint density at radius 3 is 2.31 bits per heavy atom. The van der Waals surface area contributed by atoms with Gasteiger partial charge in [0.15, 0.2) is 0 Å². The number of carbonyl (C=O) groups is 1. The maximum atomic E-state index is 12.9. The normalized spacial score (nSPS) is 10.4. The van der Waals surface area contributed by atoms with Gasteiger partial charge in [-0.2, -0.15) is 0 Å². The predicted molar refractivity (Wildman–Crippen MR) is 112 cm³/mol. The molecule has 3 rings (SSSR count). The van der Waals surface area contributed by atoms with Crippen molar-refractivity contribution < 1.29 is 13.9 Å². The number of hydrogen-bond acceptors (Lipinski definition) is 4. The summed E-state index contributed by atoms with van der Waals surface area (Å²) in [6.07, 6.45) is 3.09. The number of pyridine rings is 1. The first-order valence-corrected chi connectivity index (χ1v) is 9.49. The van der Waals surface area contributed by atoms with Gasteiger partial charge in [0.25, 0.3) is 5.91 Å². The fourth-order valence-electron chi connectivity index (χ4n) is 2.87. The Balaban J connectivity index is 1.46. The van der Waals surface area contributed by atoms with Crippen molar-refractivity contribution in [3.8, 4) is 5.75 Å². The molecule has 1 aromatic heterocycles. The van der Waals surface area contributed by atoms with Crippen LogP contribution >= 0.6 is 0 Å². The van der Waals surface area contributed by atoms with Crippen molar-refractivity contribution in [3.05, 3.63) is 89.4 Å². The number of rotatable bonds is 9. The number of amides is 1. The summed E-state index contributed by atoms with van der Waals surface area (Å²) in [6, 6.07) is 17.6. The van der Waals surface area contributed by atoms with Crippen molar-refractivity contribution in [1.29, 1.82) is 0 Å². The van der Waals surface area contributed by atoms with Crippen LogP contribution in [0.2, 0.25) is 0 Å². The first kappa shape index (κ1) is 20.3. The monoisotopic (exact) mass is 393 g/mol. The minimum Gasteiger partial charge on any atom is -0.497 e. The Bertz CT molecular complexity index is 928. The second-order valence-corrected chi connectivity index (χ2v) is 6.59. The van der Waals surface area contributed by atoms with Crippen molar-refractivity contribution in [2.75, 3.05) is 25.5 Å². The van der Waals surface area contributed by atoms with Crippen LogP contribution in [-0.4, -0.2) is 31.1 Å². The molecular formula is C23H24FN3O2. The van der Waals surface area contributed by atoms with Crippen LogP contribution in [0.15, 0.2) is 66.9 Å². The number of nitrogens with one attached hydrogen (secondary N) is 2. The highest BCUT2D eigenvalue weighted by Gasteiger charge is 2.07. The van der Waals surface area contributed by atoms with Gasteiger partial charge in [-0.15, -0.1) is 0 Å². The largest absolute Gasteiger partial charge is 0.497 e. The molecule has 3 aromatic rings. The number of ether oxygens (including phenoxy) is 1. The topological polar surface area (TPSA) is 63.2 Å². The molecular weight excluding hydrogens is 369 g/mol. The lowest BCUT2D eigenvalue weighted by molar-refractivity contribution is 0.0954. The fraction of sp³-hybridized carbons (Fsp3) is 0.217. The minimum atomic E-state index is -0.262. The number of anilines is 1. The fourth-order valence-corrected chi connectivity index (χ4v) is 2.87. The van der Waals surface area contributed by atoms with Crippen LogP contribution in [0, 0.1) is 5.82 Å². The molecule has 6 heteroatoms. The molecule has 1 heterocycles. The number of halogens is 1. The summed E-state index contributed by atoms with van der Waals surface area (Å²) < 4.78 is 18.1. The molecule has 150 valence electrons. The summed E-state index contributed by atoms with van der Waals surface area (Å²) in [7, 11) is 1.65. The van der Waals surface area contributed by atoms with Crippen LogP contribution in [0.3, 0.4) is 0 Å². The van der Waals surface area contributed by atoms with E-state index in [1.165, 1.54) is 17.7 Å². The summed E-state index contributed by atoms with van der Waals surface area (Å²) in [6.45, 7) is 1.18. The molecule has 0 atom stereocenters. The first-order valence-electron chi connectivity index (χ1n) is 9.49. The summed E-state index contributed by atoms with van der Waals surface area (Å²) in [5.74, 6) is 1.07. The molecule has 0 bridgehead atoms. The molecule has 0 unspecified atom stereocenters. The Hall–Kier alpha value is -3.41. The highest BCUT2D eigenvalue weighted by molar-refractivity contribution is 5.94. The zero-order chi connectivity index (χ0) is 20.5. The van der Waals surface area contributed by atoms with Gasteiger partial charge in [0.1, 0.15) is 17.4 Å². The SMILES string of the molecule is COc1ccc(CCNc2cc(C(=O)NCCc3ccc(F)cc3)ccn2)cc1. The molecule has 29 heavy (non-hydrogen) atoms. The van der Waals surface area contributed by atoms with E-state index in [-0.39, 0.29) is 11.7 Å². The second-order valence-electron chi connectivity index (χ2n) is 6.59. The van der Waals surface area contributed by atoms with Crippen LogP contribution in [-0.2, 0) is 12.8 Å². The quantitative estimate of drug-likeness (QED) is 0.580. The van der Waals surface area contributed by atoms with Crippen molar-refractivity contribution in [3.63, 3.8) is 0 Å². The van der Waals surface area contributed by atoms with Gasteiger partial charge in [-0.3, -0.25) is 4.79 Å². The number of nitrogens with zero attached hydrogens (tertiary/aromatic N) is 1. The number of aromatic nitrogens is 1. The smallest absolute Gasteiger partial charge is 0.251 e. The number of benzene rings is 2. The van der Waals surface area contributed by atoms with Crippen LogP contribution in [0.25, 0.3) is 0 Å². The van der Waals surface area contributed by atoms with Crippen molar-refractivity contribution in [2.45, 2.75) is 12.8 Å². The molecule has 5 nitrogen and oxygen atoms in total. The van der Waals surface area contributed by atoms with Crippen LogP contribution in [0.5, 0.6) is 5.75 Å². The Kier molecular flexibility index (Phi) is 7.16. The zero-order valence-corrected chi connectivity index (χ0v) is 16.3. The van der Waals surface area contributed by atoms with E-state index in [0.29, 0.717) is 30.9 Å². The van der Waals surface area contributed by atoms with Crippen LogP contribution < -0.4 is 15.4 Å². The average Bonchev–Trinajstić information content (AvgIpc) is 2.76. The van der Waals surface area contributed by atoms with Crippen LogP contribution in [0.1, 0.15) is 21.5 Å². The van der Waals surface area contributed by atoms with Gasteiger partial charge in [-0.25, -0.2) is 9.37 Å². The van der Waals surface area contributed by atoms with E-state index in [4.69, 9.17) is 4.74 Å². The predicted octanol–water partition coefficient (Wildman–Crippen LogP) is 3.86. The molecule has 0 spiro atoms. The second kappa shape index (κ2) is 10.2. The van der Waals surface area contributed by atoms with Gasteiger partial charge in [-0.05, 0) is 60.4 Å². The minimum absolute atomic E-state index is 0.160. The number of methoxy groups -OCH3 is 1. The lowest BCUT2D eigenvalue weighted by Crippen LogP contribution is -2.25. The molecule has 0 aliphatic carbocycles. The summed E-state index contributed by atoms with van der Waals surface area (Å²) >= 11 is 0. The van der Waals surface area contributed by atoms with E-state index in [1.807, 2.05) is 24.3 Å². The van der Waals surface area contributed by atoms with Gasteiger partial charge in [0.05, 0.1) is 7.11 Å². The van der Waals surface area contributed by atoms with E-state index in [1.54, 1.807) is 37.6 Å². The Labute approximate surface area is 169 Å². The lowest BCUT2D eigenvalue weighted by atomic mass is 10.1. The van der Waals surface area contributed by atoms with Gasteiger partial charge in [-0.1, -0.05) is 24.3 Å². The van der Waals surface area contributed by atoms with E-state index < -0.39 is 0 Å². The third-order valence-electron chi connectivity index (χ3n) is 4.51. The molecule has 2 aromatic carbocycles. The van der Waals surface area contributed by atoms with E-state index in [0.717, 1.165) is 17.7 Å². The summed E-state index contributed by atoms with van der Waals surface area (Å²) in [5.41, 5.74) is 2.71. The van der Waals surface area contributed by atoms with E-state index in [9.17, 15) is 9.18 Å². The standard InChI is InChI=1S/C23H24FN3O2/c1-29-21-8-4-18(5-9-21)10-13-25-22-16-19(12-15-26-22)23(28)27-14-11-17-2-6-20(24)7-3-17/h2-9,12,15-16H,10-11,13-14H2,1H3,(H,25,26)(H,27,28). The maximum absolute atomic E-state index is 12.9.